The van der Waals surface area contributed by atoms with Crippen LogP contribution in [0.3, 0.4) is 0 Å². The van der Waals surface area contributed by atoms with Crippen molar-refractivity contribution in [1.82, 2.24) is 14.4 Å². The number of aromatic nitrogens is 1. The van der Waals surface area contributed by atoms with Crippen molar-refractivity contribution in [2.75, 3.05) is 39.9 Å². The molecule has 1 amide bonds. The second-order valence-corrected chi connectivity index (χ2v) is 8.46. The number of methoxy groups -OCH3 is 1. The Morgan fingerprint density at radius 1 is 1.14 bits per heavy atom. The van der Waals surface area contributed by atoms with E-state index in [0.29, 0.717) is 50.0 Å². The van der Waals surface area contributed by atoms with Crippen molar-refractivity contribution in [2.24, 2.45) is 0 Å². The average Bonchev–Trinajstić information content (AvgIpc) is 3.38. The first-order valence-electron chi connectivity index (χ1n) is 11.7. The Morgan fingerprint density at radius 3 is 2.57 bits per heavy atom. The van der Waals surface area contributed by atoms with Crippen molar-refractivity contribution in [3.05, 3.63) is 81.7 Å². The number of aromatic hydroxyl groups is 1. The Morgan fingerprint density at radius 2 is 1.91 bits per heavy atom. The van der Waals surface area contributed by atoms with E-state index in [1.807, 2.05) is 30.3 Å². The maximum Gasteiger partial charge on any atom is 0.409 e. The van der Waals surface area contributed by atoms with Crippen LogP contribution >= 0.6 is 0 Å². The van der Waals surface area contributed by atoms with Gasteiger partial charge in [0.2, 0.25) is 0 Å². The van der Waals surface area contributed by atoms with Crippen LogP contribution in [-0.4, -0.2) is 65.5 Å². The predicted molar refractivity (Wildman–Crippen MR) is 130 cm³/mol. The van der Waals surface area contributed by atoms with Crippen LogP contribution in [0, 0.1) is 6.92 Å². The van der Waals surface area contributed by atoms with Crippen molar-refractivity contribution in [1.29, 1.82) is 0 Å². The van der Waals surface area contributed by atoms with Gasteiger partial charge >= 0.3 is 6.09 Å². The van der Waals surface area contributed by atoms with Gasteiger partial charge < -0.3 is 28.5 Å². The number of furan rings is 1. The topological polar surface area (TPSA) is 97.4 Å². The highest BCUT2D eigenvalue weighted by molar-refractivity contribution is 5.67. The second-order valence-electron chi connectivity index (χ2n) is 8.46. The van der Waals surface area contributed by atoms with Gasteiger partial charge in [0.1, 0.15) is 17.3 Å². The number of carbonyl (C=O) groups is 1. The highest BCUT2D eigenvalue weighted by Gasteiger charge is 2.33. The zero-order valence-corrected chi connectivity index (χ0v) is 20.3. The summed E-state index contributed by atoms with van der Waals surface area (Å²) in [5.74, 6) is 1.23. The Balaban J connectivity index is 1.76. The van der Waals surface area contributed by atoms with E-state index in [9.17, 15) is 14.7 Å². The van der Waals surface area contributed by atoms with Gasteiger partial charge in [-0.3, -0.25) is 9.69 Å². The quantitative estimate of drug-likeness (QED) is 0.553. The summed E-state index contributed by atoms with van der Waals surface area (Å²) in [6, 6.07) is 12.2. The molecule has 3 heterocycles. The molecule has 0 saturated carbocycles. The van der Waals surface area contributed by atoms with E-state index in [0.717, 1.165) is 5.56 Å². The highest BCUT2D eigenvalue weighted by atomic mass is 16.6. The minimum Gasteiger partial charge on any atom is -0.507 e. The third-order valence-corrected chi connectivity index (χ3v) is 6.31. The number of benzene rings is 1. The van der Waals surface area contributed by atoms with Gasteiger partial charge in [0, 0.05) is 31.9 Å². The number of pyridine rings is 1. The van der Waals surface area contributed by atoms with E-state index in [1.165, 1.54) is 0 Å². The average molecular weight is 482 g/mol. The van der Waals surface area contributed by atoms with Crippen LogP contribution < -0.4 is 10.3 Å². The summed E-state index contributed by atoms with van der Waals surface area (Å²) in [7, 11) is 1.59. The maximum absolute atomic E-state index is 13.8. The monoisotopic (exact) mass is 481 g/mol. The number of rotatable bonds is 7. The fourth-order valence-electron chi connectivity index (χ4n) is 4.53. The minimum absolute atomic E-state index is 0.0659. The molecule has 1 atom stereocenters. The summed E-state index contributed by atoms with van der Waals surface area (Å²) in [5, 5.41) is 11.0. The summed E-state index contributed by atoms with van der Waals surface area (Å²) >= 11 is 0. The third kappa shape index (κ3) is 5.19. The first kappa shape index (κ1) is 24.4. The number of carbonyl (C=O) groups excluding carboxylic acids is 1. The molecule has 1 aliphatic heterocycles. The lowest BCUT2D eigenvalue weighted by Gasteiger charge is -2.39. The molecule has 1 fully saturated rings. The molecule has 0 spiro atoms. The van der Waals surface area contributed by atoms with Crippen LogP contribution in [0.25, 0.3) is 0 Å². The lowest BCUT2D eigenvalue weighted by Crippen LogP contribution is -2.50. The van der Waals surface area contributed by atoms with Gasteiger partial charge in [-0.25, -0.2) is 4.79 Å². The number of ether oxygens (including phenoxy) is 2. The molecule has 1 aliphatic rings. The summed E-state index contributed by atoms with van der Waals surface area (Å²) in [6.45, 7) is 6.05. The first-order chi connectivity index (χ1) is 16.9. The molecule has 4 rings (SSSR count). The molecule has 1 N–H and O–H groups in total. The normalized spacial score (nSPS) is 15.1. The summed E-state index contributed by atoms with van der Waals surface area (Å²) in [6.07, 6.45) is 1.23. The molecule has 0 radical (unpaired) electrons. The van der Waals surface area contributed by atoms with Crippen molar-refractivity contribution >= 4 is 6.09 Å². The van der Waals surface area contributed by atoms with Gasteiger partial charge in [0.25, 0.3) is 5.56 Å². The van der Waals surface area contributed by atoms with Crippen molar-refractivity contribution < 1.29 is 23.8 Å². The molecule has 186 valence electrons. The minimum atomic E-state index is -0.537. The summed E-state index contributed by atoms with van der Waals surface area (Å²) in [4.78, 5) is 29.8. The van der Waals surface area contributed by atoms with E-state index in [4.69, 9.17) is 13.9 Å². The van der Waals surface area contributed by atoms with Crippen LogP contribution in [0.2, 0.25) is 0 Å². The van der Waals surface area contributed by atoms with E-state index < -0.39 is 6.04 Å². The number of amides is 1. The number of hydrogen-bond donors (Lipinski definition) is 1. The molecule has 0 aliphatic carbocycles. The Labute approximate surface area is 204 Å². The summed E-state index contributed by atoms with van der Waals surface area (Å²) < 4.78 is 17.6. The molecule has 0 unspecified atom stereocenters. The van der Waals surface area contributed by atoms with Gasteiger partial charge in [-0.1, -0.05) is 12.1 Å². The van der Waals surface area contributed by atoms with Crippen molar-refractivity contribution in [3.63, 3.8) is 0 Å². The molecular weight excluding hydrogens is 450 g/mol. The molecule has 1 saturated heterocycles. The Bertz CT molecular complexity index is 1210. The Hall–Kier alpha value is -3.72. The van der Waals surface area contributed by atoms with E-state index in [-0.39, 0.29) is 29.5 Å². The van der Waals surface area contributed by atoms with Crippen LogP contribution in [0.1, 0.15) is 35.5 Å². The second kappa shape index (κ2) is 10.7. The summed E-state index contributed by atoms with van der Waals surface area (Å²) in [5.41, 5.74) is 1.43. The Kier molecular flexibility index (Phi) is 7.45. The SMILES string of the molecule is CCOC(=O)N1CCN([C@@H](c2cccc(OC)c2)c2c(O)cc(C)n(Cc3ccco3)c2=O)CC1. The van der Waals surface area contributed by atoms with Crippen LogP contribution in [0.5, 0.6) is 11.5 Å². The fourth-order valence-corrected chi connectivity index (χ4v) is 4.53. The highest BCUT2D eigenvalue weighted by Crippen LogP contribution is 2.34. The molecule has 9 nitrogen and oxygen atoms in total. The smallest absolute Gasteiger partial charge is 0.409 e. The predicted octanol–water partition coefficient (Wildman–Crippen LogP) is 3.38. The van der Waals surface area contributed by atoms with Crippen LogP contribution in [-0.2, 0) is 11.3 Å². The van der Waals surface area contributed by atoms with E-state index in [1.54, 1.807) is 48.8 Å². The molecule has 1 aromatic carbocycles. The fraction of sp³-hybridized carbons (Fsp3) is 0.385. The number of piperazine rings is 1. The zero-order chi connectivity index (χ0) is 24.9. The lowest BCUT2D eigenvalue weighted by atomic mass is 9.95. The first-order valence-corrected chi connectivity index (χ1v) is 11.7. The molecule has 9 heteroatoms. The number of aryl methyl sites for hydroxylation is 1. The molecular formula is C26H31N3O6. The molecule has 3 aromatic rings. The number of nitrogens with zero attached hydrogens (tertiary/aromatic N) is 3. The van der Waals surface area contributed by atoms with Crippen LogP contribution in [0.4, 0.5) is 4.79 Å². The van der Waals surface area contributed by atoms with Gasteiger partial charge in [0.15, 0.2) is 0 Å². The van der Waals surface area contributed by atoms with Crippen molar-refractivity contribution in [3.8, 4) is 11.5 Å². The zero-order valence-electron chi connectivity index (χ0n) is 20.3. The van der Waals surface area contributed by atoms with Gasteiger partial charge in [-0.05, 0) is 49.7 Å². The van der Waals surface area contributed by atoms with E-state index in [2.05, 4.69) is 4.90 Å². The standard InChI is InChI=1S/C26H31N3O6/c1-4-34-26(32)28-12-10-27(11-13-28)24(19-7-5-8-20(16-19)33-3)23-22(30)15-18(2)29(25(23)31)17-21-9-6-14-35-21/h5-9,14-16,24,30H,4,10-13,17H2,1-3H3/t24-/m0/s1. The molecule has 0 bridgehead atoms. The maximum atomic E-state index is 13.8. The molecule has 2 aromatic heterocycles. The van der Waals surface area contributed by atoms with E-state index >= 15 is 0 Å². The van der Waals surface area contributed by atoms with Gasteiger partial charge in [-0.2, -0.15) is 0 Å². The lowest BCUT2D eigenvalue weighted by molar-refractivity contribution is 0.0709. The largest absolute Gasteiger partial charge is 0.507 e. The van der Waals surface area contributed by atoms with Crippen LogP contribution in [0.15, 0.2) is 57.9 Å². The molecule has 35 heavy (non-hydrogen) atoms. The third-order valence-electron chi connectivity index (χ3n) is 6.31. The van der Waals surface area contributed by atoms with Gasteiger partial charge in [0.05, 0.1) is 38.1 Å². The van der Waals surface area contributed by atoms with Gasteiger partial charge in [-0.15, -0.1) is 0 Å². The van der Waals surface area contributed by atoms with Crippen molar-refractivity contribution in [2.45, 2.75) is 26.4 Å². The number of hydrogen-bond acceptors (Lipinski definition) is 7.